The average molecular weight is 591 g/mol. The molecule has 0 spiro atoms. The van der Waals surface area contributed by atoms with Crippen molar-refractivity contribution < 1.29 is 14.0 Å². The Bertz CT molecular complexity index is 572. The standard InChI is InChI=1S/C39H76NO2/c1-5-7-9-11-13-15-17-19-21-23-25-27-29-31-33-36-40(3,38-35-39(41)42-4)37-34-32-30-28-26-24-22-20-18-16-14-12-10-8-6-2/h19-22H,5-18,23-38H2,1-4H3/q+1. The number of carbonyl (C=O) groups is 1. The van der Waals surface area contributed by atoms with E-state index in [9.17, 15) is 4.79 Å². The molecule has 0 fully saturated rings. The molecular formula is C39H76NO2+. The summed E-state index contributed by atoms with van der Waals surface area (Å²) in [6.45, 7) is 7.87. The van der Waals surface area contributed by atoms with Gasteiger partial charge in [-0.3, -0.25) is 4.79 Å². The summed E-state index contributed by atoms with van der Waals surface area (Å²) in [6, 6.07) is 0. The number of methoxy groups -OCH3 is 1. The molecule has 0 saturated heterocycles. The maximum Gasteiger partial charge on any atom is 0.311 e. The Balaban J connectivity index is 3.91. The van der Waals surface area contributed by atoms with Crippen molar-refractivity contribution >= 4 is 5.97 Å². The van der Waals surface area contributed by atoms with Crippen molar-refractivity contribution in [1.29, 1.82) is 0 Å². The fraction of sp³-hybridized carbons (Fsp3) is 0.872. The van der Waals surface area contributed by atoms with Crippen LogP contribution in [0, 0.1) is 0 Å². The van der Waals surface area contributed by atoms with Crippen molar-refractivity contribution in [3.05, 3.63) is 24.3 Å². The number of esters is 1. The molecule has 0 N–H and O–H groups in total. The summed E-state index contributed by atoms with van der Waals surface area (Å²) in [6.07, 6.45) is 45.2. The third-order valence-corrected chi connectivity index (χ3v) is 9.00. The number of unbranched alkanes of at least 4 members (excludes halogenated alkanes) is 22. The first-order valence-corrected chi connectivity index (χ1v) is 18.8. The van der Waals surface area contributed by atoms with Gasteiger partial charge in [0.2, 0.25) is 0 Å². The Labute approximate surface area is 264 Å². The van der Waals surface area contributed by atoms with Crippen molar-refractivity contribution in [1.82, 2.24) is 0 Å². The van der Waals surface area contributed by atoms with Gasteiger partial charge in [0.15, 0.2) is 0 Å². The zero-order chi connectivity index (χ0) is 30.8. The van der Waals surface area contributed by atoms with Gasteiger partial charge in [0, 0.05) is 0 Å². The molecule has 0 amide bonds. The normalized spacial score (nSPS) is 13.3. The molecule has 0 aromatic heterocycles. The van der Waals surface area contributed by atoms with Gasteiger partial charge in [-0.1, -0.05) is 128 Å². The highest BCUT2D eigenvalue weighted by molar-refractivity contribution is 5.69. The first-order chi connectivity index (χ1) is 20.6. The smallest absolute Gasteiger partial charge is 0.311 e. The second-order valence-electron chi connectivity index (χ2n) is 13.3. The van der Waals surface area contributed by atoms with E-state index in [2.05, 4.69) is 45.2 Å². The SMILES string of the molecule is CCCCCCCCC=CCCCCCCC[N+](C)(CCCCCCCC=CCCCCCCCC)CCC(=O)OC. The number of allylic oxidation sites excluding steroid dienone is 4. The highest BCUT2D eigenvalue weighted by Gasteiger charge is 2.22. The molecule has 0 aromatic carbocycles. The Morgan fingerprint density at radius 1 is 0.476 bits per heavy atom. The van der Waals surface area contributed by atoms with E-state index in [1.54, 1.807) is 0 Å². The van der Waals surface area contributed by atoms with Crippen molar-refractivity contribution in [3.8, 4) is 0 Å². The van der Waals surface area contributed by atoms with E-state index < -0.39 is 0 Å². The lowest BCUT2D eigenvalue weighted by Crippen LogP contribution is -2.47. The van der Waals surface area contributed by atoms with E-state index in [0.29, 0.717) is 6.42 Å². The number of hydrogen-bond acceptors (Lipinski definition) is 2. The zero-order valence-corrected chi connectivity index (χ0v) is 29.3. The van der Waals surface area contributed by atoms with Crippen LogP contribution in [-0.4, -0.2) is 44.2 Å². The maximum absolute atomic E-state index is 11.8. The van der Waals surface area contributed by atoms with Gasteiger partial charge in [0.05, 0.1) is 40.2 Å². The molecule has 0 aliphatic rings. The van der Waals surface area contributed by atoms with Crippen LogP contribution in [0.4, 0.5) is 0 Å². The van der Waals surface area contributed by atoms with Crippen LogP contribution in [0.1, 0.15) is 187 Å². The number of hydrogen-bond donors (Lipinski definition) is 0. The third kappa shape index (κ3) is 30.4. The molecular weight excluding hydrogens is 514 g/mol. The molecule has 0 heterocycles. The van der Waals surface area contributed by atoms with E-state index in [1.807, 2.05) is 0 Å². The molecule has 3 heteroatoms. The van der Waals surface area contributed by atoms with Crippen molar-refractivity contribution in [2.45, 2.75) is 187 Å². The molecule has 0 aromatic rings. The van der Waals surface area contributed by atoms with Crippen LogP contribution < -0.4 is 0 Å². The minimum absolute atomic E-state index is 0.0616. The summed E-state index contributed by atoms with van der Waals surface area (Å²) in [5.74, 6) is -0.0616. The predicted octanol–water partition coefficient (Wildman–Crippen LogP) is 12.3. The molecule has 0 saturated carbocycles. The molecule has 0 unspecified atom stereocenters. The van der Waals surface area contributed by atoms with Crippen molar-refractivity contribution in [2.75, 3.05) is 33.8 Å². The molecule has 3 nitrogen and oxygen atoms in total. The second-order valence-corrected chi connectivity index (χ2v) is 13.3. The van der Waals surface area contributed by atoms with Crippen LogP contribution in [0.5, 0.6) is 0 Å². The average Bonchev–Trinajstić information content (AvgIpc) is 3.00. The van der Waals surface area contributed by atoms with Crippen LogP contribution in [0.15, 0.2) is 24.3 Å². The minimum atomic E-state index is -0.0616. The summed E-state index contributed by atoms with van der Waals surface area (Å²) in [5.41, 5.74) is 0. The van der Waals surface area contributed by atoms with Crippen LogP contribution in [0.2, 0.25) is 0 Å². The van der Waals surface area contributed by atoms with Gasteiger partial charge in [-0.25, -0.2) is 0 Å². The minimum Gasteiger partial charge on any atom is -0.469 e. The maximum atomic E-state index is 11.8. The molecule has 248 valence electrons. The van der Waals surface area contributed by atoms with Gasteiger partial charge in [-0.2, -0.15) is 0 Å². The molecule has 0 bridgehead atoms. The number of quaternary nitrogens is 1. The van der Waals surface area contributed by atoms with Crippen LogP contribution in [0.3, 0.4) is 0 Å². The summed E-state index contributed by atoms with van der Waals surface area (Å²) in [7, 11) is 3.88. The van der Waals surface area contributed by atoms with E-state index in [0.717, 1.165) is 11.0 Å². The molecule has 0 rings (SSSR count). The Kier molecular flexibility index (Phi) is 32.0. The summed E-state index contributed by atoms with van der Waals surface area (Å²) in [5, 5.41) is 0. The lowest BCUT2D eigenvalue weighted by Gasteiger charge is -2.34. The molecule has 42 heavy (non-hydrogen) atoms. The lowest BCUT2D eigenvalue weighted by atomic mass is 10.1. The van der Waals surface area contributed by atoms with E-state index in [-0.39, 0.29) is 5.97 Å². The van der Waals surface area contributed by atoms with Crippen LogP contribution >= 0.6 is 0 Å². The number of ether oxygens (including phenoxy) is 1. The fourth-order valence-electron chi connectivity index (χ4n) is 5.93. The first kappa shape index (κ1) is 40.9. The molecule has 0 atom stereocenters. The van der Waals surface area contributed by atoms with Gasteiger partial charge in [0.1, 0.15) is 0 Å². The molecule has 0 aliphatic carbocycles. The largest absolute Gasteiger partial charge is 0.469 e. The van der Waals surface area contributed by atoms with Crippen molar-refractivity contribution in [3.63, 3.8) is 0 Å². The molecule has 0 aliphatic heterocycles. The van der Waals surface area contributed by atoms with Gasteiger partial charge >= 0.3 is 5.97 Å². The summed E-state index contributed by atoms with van der Waals surface area (Å²) >= 11 is 0. The monoisotopic (exact) mass is 591 g/mol. The second kappa shape index (κ2) is 32.8. The quantitative estimate of drug-likeness (QED) is 0.0329. The molecule has 0 radical (unpaired) electrons. The lowest BCUT2D eigenvalue weighted by molar-refractivity contribution is -0.909. The number of rotatable bonds is 33. The van der Waals surface area contributed by atoms with Gasteiger partial charge < -0.3 is 9.22 Å². The first-order valence-electron chi connectivity index (χ1n) is 18.8. The van der Waals surface area contributed by atoms with E-state index in [1.165, 1.54) is 187 Å². The van der Waals surface area contributed by atoms with Gasteiger partial charge in [-0.15, -0.1) is 0 Å². The summed E-state index contributed by atoms with van der Waals surface area (Å²) < 4.78 is 5.97. The summed E-state index contributed by atoms with van der Waals surface area (Å²) in [4.78, 5) is 11.8. The van der Waals surface area contributed by atoms with Gasteiger partial charge in [-0.05, 0) is 77.0 Å². The Hall–Kier alpha value is -1.09. The van der Waals surface area contributed by atoms with Crippen LogP contribution in [-0.2, 0) is 9.53 Å². The highest BCUT2D eigenvalue weighted by Crippen LogP contribution is 2.16. The number of carbonyl (C=O) groups excluding carboxylic acids is 1. The Morgan fingerprint density at radius 3 is 1.12 bits per heavy atom. The highest BCUT2D eigenvalue weighted by atomic mass is 16.5. The Morgan fingerprint density at radius 2 is 0.786 bits per heavy atom. The fourth-order valence-corrected chi connectivity index (χ4v) is 5.93. The third-order valence-electron chi connectivity index (χ3n) is 9.00. The topological polar surface area (TPSA) is 26.3 Å². The predicted molar refractivity (Wildman–Crippen MR) is 187 cm³/mol. The van der Waals surface area contributed by atoms with Gasteiger partial charge in [0.25, 0.3) is 0 Å². The van der Waals surface area contributed by atoms with E-state index in [4.69, 9.17) is 4.74 Å². The van der Waals surface area contributed by atoms with Crippen LogP contribution in [0.25, 0.3) is 0 Å². The van der Waals surface area contributed by atoms with Crippen molar-refractivity contribution in [2.24, 2.45) is 0 Å². The van der Waals surface area contributed by atoms with E-state index >= 15 is 0 Å². The zero-order valence-electron chi connectivity index (χ0n) is 29.3. The number of nitrogens with zero attached hydrogens (tertiary/aromatic N) is 1.